The zero-order chi connectivity index (χ0) is 15.4. The number of halogens is 1. The SMILES string of the molecule is Cc1ccc([N+](=O)[O-])cc1NC(=O)[C@@H](Cl)c1ccccc1. The molecule has 0 heterocycles. The highest BCUT2D eigenvalue weighted by Crippen LogP contribution is 2.26. The Kier molecular flexibility index (Phi) is 4.55. The van der Waals surface area contributed by atoms with Gasteiger partial charge < -0.3 is 5.32 Å². The molecule has 0 aliphatic heterocycles. The average Bonchev–Trinajstić information content (AvgIpc) is 2.49. The van der Waals surface area contributed by atoms with Crippen molar-refractivity contribution in [3.63, 3.8) is 0 Å². The number of carbonyl (C=O) groups excluding carboxylic acids is 1. The maximum absolute atomic E-state index is 12.1. The molecule has 2 aromatic rings. The topological polar surface area (TPSA) is 72.2 Å². The van der Waals surface area contributed by atoms with Gasteiger partial charge >= 0.3 is 0 Å². The van der Waals surface area contributed by atoms with Crippen molar-refractivity contribution >= 4 is 28.9 Å². The van der Waals surface area contributed by atoms with Gasteiger partial charge in [0.05, 0.1) is 10.6 Å². The van der Waals surface area contributed by atoms with Gasteiger partial charge in [0.2, 0.25) is 5.91 Å². The monoisotopic (exact) mass is 304 g/mol. The Morgan fingerprint density at radius 3 is 2.52 bits per heavy atom. The number of carbonyl (C=O) groups is 1. The van der Waals surface area contributed by atoms with Crippen LogP contribution in [0.1, 0.15) is 16.5 Å². The lowest BCUT2D eigenvalue weighted by Crippen LogP contribution is -2.18. The molecule has 0 radical (unpaired) electrons. The van der Waals surface area contributed by atoms with E-state index in [-0.39, 0.29) is 5.69 Å². The van der Waals surface area contributed by atoms with Crippen LogP contribution in [0.25, 0.3) is 0 Å². The fourth-order valence-electron chi connectivity index (χ4n) is 1.83. The second-order valence-corrected chi connectivity index (χ2v) is 4.96. The number of hydrogen-bond donors (Lipinski definition) is 1. The number of benzene rings is 2. The largest absolute Gasteiger partial charge is 0.324 e. The zero-order valence-electron chi connectivity index (χ0n) is 11.2. The maximum atomic E-state index is 12.1. The van der Waals surface area contributed by atoms with E-state index >= 15 is 0 Å². The first kappa shape index (κ1) is 15.0. The lowest BCUT2D eigenvalue weighted by Gasteiger charge is -2.12. The van der Waals surface area contributed by atoms with E-state index in [0.717, 1.165) is 5.56 Å². The summed E-state index contributed by atoms with van der Waals surface area (Å²) in [6, 6.07) is 13.2. The first-order chi connectivity index (χ1) is 9.99. The molecule has 0 spiro atoms. The molecular formula is C15H13ClN2O3. The third-order valence-electron chi connectivity index (χ3n) is 3.01. The van der Waals surface area contributed by atoms with Crippen LogP contribution in [0.3, 0.4) is 0 Å². The second-order valence-electron chi connectivity index (χ2n) is 4.52. The van der Waals surface area contributed by atoms with E-state index in [9.17, 15) is 14.9 Å². The van der Waals surface area contributed by atoms with E-state index < -0.39 is 16.2 Å². The van der Waals surface area contributed by atoms with E-state index in [2.05, 4.69) is 5.32 Å². The van der Waals surface area contributed by atoms with E-state index in [4.69, 9.17) is 11.6 Å². The number of hydrogen-bond acceptors (Lipinski definition) is 3. The summed E-state index contributed by atoms with van der Waals surface area (Å²) in [4.78, 5) is 22.4. The fraction of sp³-hybridized carbons (Fsp3) is 0.133. The van der Waals surface area contributed by atoms with Crippen molar-refractivity contribution in [3.05, 3.63) is 69.8 Å². The number of amides is 1. The zero-order valence-corrected chi connectivity index (χ0v) is 12.0. The molecule has 2 aromatic carbocycles. The minimum atomic E-state index is -0.857. The van der Waals surface area contributed by atoms with E-state index in [1.165, 1.54) is 12.1 Å². The molecule has 1 amide bonds. The Bertz CT molecular complexity index is 674. The van der Waals surface area contributed by atoms with Crippen molar-refractivity contribution in [1.82, 2.24) is 0 Å². The third kappa shape index (κ3) is 3.58. The van der Waals surface area contributed by atoms with Gasteiger partial charge in [-0.3, -0.25) is 14.9 Å². The van der Waals surface area contributed by atoms with Crippen LogP contribution in [0.15, 0.2) is 48.5 Å². The highest BCUT2D eigenvalue weighted by atomic mass is 35.5. The van der Waals surface area contributed by atoms with Gasteiger partial charge in [-0.2, -0.15) is 0 Å². The molecule has 0 fully saturated rings. The summed E-state index contributed by atoms with van der Waals surface area (Å²) in [6.07, 6.45) is 0. The van der Waals surface area contributed by atoms with Crippen molar-refractivity contribution in [2.24, 2.45) is 0 Å². The van der Waals surface area contributed by atoms with Crippen molar-refractivity contribution in [3.8, 4) is 0 Å². The number of rotatable bonds is 4. The molecule has 0 aliphatic carbocycles. The number of nitrogens with one attached hydrogen (secondary N) is 1. The molecule has 0 aliphatic rings. The number of non-ortho nitro benzene ring substituents is 1. The van der Waals surface area contributed by atoms with Crippen molar-refractivity contribution in [2.75, 3.05) is 5.32 Å². The number of nitro benzene ring substituents is 1. The summed E-state index contributed by atoms with van der Waals surface area (Å²) in [5.74, 6) is -0.425. The third-order valence-corrected chi connectivity index (χ3v) is 3.46. The molecule has 0 aromatic heterocycles. The second kappa shape index (κ2) is 6.37. The lowest BCUT2D eigenvalue weighted by molar-refractivity contribution is -0.384. The summed E-state index contributed by atoms with van der Waals surface area (Å²) in [5.41, 5.74) is 1.70. The molecule has 21 heavy (non-hydrogen) atoms. The van der Waals surface area contributed by atoms with Gasteiger partial charge in [-0.1, -0.05) is 36.4 Å². The van der Waals surface area contributed by atoms with E-state index in [1.807, 2.05) is 6.07 Å². The number of alkyl halides is 1. The quantitative estimate of drug-likeness (QED) is 0.530. The molecular weight excluding hydrogens is 292 g/mol. The van der Waals surface area contributed by atoms with Crippen LogP contribution in [0.4, 0.5) is 11.4 Å². The van der Waals surface area contributed by atoms with Crippen LogP contribution < -0.4 is 5.32 Å². The molecule has 108 valence electrons. The van der Waals surface area contributed by atoms with Crippen LogP contribution in [0.2, 0.25) is 0 Å². The Morgan fingerprint density at radius 2 is 1.90 bits per heavy atom. The number of nitro groups is 1. The first-order valence-corrected chi connectivity index (χ1v) is 6.67. The Hall–Kier alpha value is -2.40. The Balaban J connectivity index is 2.20. The minimum Gasteiger partial charge on any atom is -0.324 e. The summed E-state index contributed by atoms with van der Waals surface area (Å²) >= 11 is 6.12. The van der Waals surface area contributed by atoms with Gasteiger partial charge in [0.15, 0.2) is 0 Å². The van der Waals surface area contributed by atoms with E-state index in [0.29, 0.717) is 11.3 Å². The lowest BCUT2D eigenvalue weighted by atomic mass is 10.1. The van der Waals surface area contributed by atoms with E-state index in [1.54, 1.807) is 37.3 Å². The molecule has 0 bridgehead atoms. The molecule has 5 nitrogen and oxygen atoms in total. The first-order valence-electron chi connectivity index (χ1n) is 6.24. The number of nitrogens with zero attached hydrogens (tertiary/aromatic N) is 1. The standard InChI is InChI=1S/C15H13ClN2O3/c1-10-7-8-12(18(20)21)9-13(10)17-15(19)14(16)11-5-3-2-4-6-11/h2-9,14H,1H3,(H,17,19)/t14-/m0/s1. The molecule has 1 N–H and O–H groups in total. The number of anilines is 1. The molecule has 0 saturated heterocycles. The predicted molar refractivity (Wildman–Crippen MR) is 81.5 cm³/mol. The van der Waals surface area contributed by atoms with Gasteiger partial charge in [-0.15, -0.1) is 11.6 Å². The van der Waals surface area contributed by atoms with Gasteiger partial charge in [0.1, 0.15) is 5.38 Å². The highest BCUT2D eigenvalue weighted by molar-refractivity contribution is 6.32. The van der Waals surface area contributed by atoms with Crippen molar-refractivity contribution in [1.29, 1.82) is 0 Å². The normalized spacial score (nSPS) is 11.7. The molecule has 2 rings (SSSR count). The molecule has 0 saturated carbocycles. The predicted octanol–water partition coefficient (Wildman–Crippen LogP) is 3.82. The number of aryl methyl sites for hydroxylation is 1. The molecule has 0 unspecified atom stereocenters. The summed E-state index contributed by atoms with van der Waals surface area (Å²) in [7, 11) is 0. The highest BCUT2D eigenvalue weighted by Gasteiger charge is 2.19. The molecule has 6 heteroatoms. The van der Waals surface area contributed by atoms with Gasteiger partial charge in [0, 0.05) is 12.1 Å². The van der Waals surface area contributed by atoms with Crippen molar-refractivity contribution < 1.29 is 9.72 Å². The van der Waals surface area contributed by atoms with Crippen LogP contribution in [-0.4, -0.2) is 10.8 Å². The Morgan fingerprint density at radius 1 is 1.24 bits per heavy atom. The van der Waals surface area contributed by atoms with Crippen LogP contribution >= 0.6 is 11.6 Å². The van der Waals surface area contributed by atoms with Crippen LogP contribution in [0.5, 0.6) is 0 Å². The summed E-state index contributed by atoms with van der Waals surface area (Å²) in [5, 5.41) is 12.5. The van der Waals surface area contributed by atoms with Crippen molar-refractivity contribution in [2.45, 2.75) is 12.3 Å². The maximum Gasteiger partial charge on any atom is 0.271 e. The smallest absolute Gasteiger partial charge is 0.271 e. The average molecular weight is 305 g/mol. The van der Waals surface area contributed by atoms with Crippen LogP contribution in [-0.2, 0) is 4.79 Å². The van der Waals surface area contributed by atoms with Crippen LogP contribution in [0, 0.1) is 17.0 Å². The van der Waals surface area contributed by atoms with Gasteiger partial charge in [0.25, 0.3) is 5.69 Å². The van der Waals surface area contributed by atoms with Gasteiger partial charge in [-0.05, 0) is 18.1 Å². The minimum absolute atomic E-state index is 0.0817. The summed E-state index contributed by atoms with van der Waals surface area (Å²) in [6.45, 7) is 1.76. The summed E-state index contributed by atoms with van der Waals surface area (Å²) < 4.78 is 0. The Labute approximate surface area is 126 Å². The fourth-order valence-corrected chi connectivity index (χ4v) is 2.03. The molecule has 1 atom stereocenters. The van der Waals surface area contributed by atoms with Gasteiger partial charge in [-0.25, -0.2) is 0 Å².